The highest BCUT2D eigenvalue weighted by Crippen LogP contribution is 2.24. The van der Waals surface area contributed by atoms with Crippen molar-refractivity contribution in [3.63, 3.8) is 0 Å². The average molecular weight is 497 g/mol. The molecule has 3 amide bonds. The van der Waals surface area contributed by atoms with Gasteiger partial charge in [-0.1, -0.05) is 31.4 Å². The fourth-order valence-corrected chi connectivity index (χ4v) is 3.61. The number of imide groups is 1. The number of ether oxygens (including phenoxy) is 1. The zero-order valence-corrected chi connectivity index (χ0v) is 18.9. The molecule has 1 atom stereocenters. The van der Waals surface area contributed by atoms with Crippen LogP contribution in [0.25, 0.3) is 0 Å². The van der Waals surface area contributed by atoms with Gasteiger partial charge in [0.2, 0.25) is 0 Å². The summed E-state index contributed by atoms with van der Waals surface area (Å²) < 4.78 is 6.57. The summed E-state index contributed by atoms with van der Waals surface area (Å²) in [5, 5.41) is 12.2. The Bertz CT molecular complexity index is 716. The molecule has 1 fully saturated rings. The number of rotatable bonds is 4. The minimum Gasteiger partial charge on any atom is -0.443 e. The zero-order chi connectivity index (χ0) is 20.7. The van der Waals surface area contributed by atoms with Crippen LogP contribution in [-0.4, -0.2) is 34.7 Å². The van der Waals surface area contributed by atoms with Crippen LogP contribution in [0.5, 0.6) is 0 Å². The van der Waals surface area contributed by atoms with E-state index < -0.39 is 23.8 Å². The number of nitriles is 1. The van der Waals surface area contributed by atoms with E-state index in [9.17, 15) is 14.9 Å². The highest BCUT2D eigenvalue weighted by Gasteiger charge is 2.35. The van der Waals surface area contributed by atoms with E-state index in [0.29, 0.717) is 6.42 Å². The van der Waals surface area contributed by atoms with Gasteiger partial charge in [-0.15, -0.1) is 0 Å². The van der Waals surface area contributed by atoms with Crippen LogP contribution in [0, 0.1) is 14.9 Å². The summed E-state index contributed by atoms with van der Waals surface area (Å²) in [6.07, 6.45) is 4.31. The maximum atomic E-state index is 12.9. The average Bonchev–Trinajstić information content (AvgIpc) is 2.62. The monoisotopic (exact) mass is 497 g/mol. The molecule has 0 spiro atoms. The molecule has 1 unspecified atom stereocenters. The molecule has 2 rings (SSSR count). The molecule has 1 aromatic rings. The minimum atomic E-state index is -0.721. The zero-order valence-electron chi connectivity index (χ0n) is 16.7. The molecule has 28 heavy (non-hydrogen) atoms. The van der Waals surface area contributed by atoms with E-state index in [1.54, 1.807) is 20.8 Å². The molecule has 1 N–H and O–H groups in total. The Labute approximate surface area is 180 Å². The molecular formula is C21H28IN3O3. The lowest BCUT2D eigenvalue weighted by Crippen LogP contribution is -2.53. The fraction of sp³-hybridized carbons (Fsp3) is 0.571. The topological polar surface area (TPSA) is 82.4 Å². The van der Waals surface area contributed by atoms with Crippen molar-refractivity contribution in [3.8, 4) is 6.07 Å². The van der Waals surface area contributed by atoms with Crippen molar-refractivity contribution in [2.75, 3.05) is 0 Å². The summed E-state index contributed by atoms with van der Waals surface area (Å²) in [5.74, 6) is 0. The van der Waals surface area contributed by atoms with Gasteiger partial charge in [0.05, 0.1) is 6.07 Å². The Balaban J connectivity index is 2.11. The molecule has 0 heterocycles. The molecule has 6 nitrogen and oxygen atoms in total. The van der Waals surface area contributed by atoms with Crippen LogP contribution in [0.15, 0.2) is 24.3 Å². The molecule has 1 saturated carbocycles. The van der Waals surface area contributed by atoms with Crippen LogP contribution in [0.1, 0.15) is 58.4 Å². The van der Waals surface area contributed by atoms with Gasteiger partial charge >= 0.3 is 12.1 Å². The third-order valence-electron chi connectivity index (χ3n) is 4.56. The Morgan fingerprint density at radius 3 is 2.39 bits per heavy atom. The van der Waals surface area contributed by atoms with E-state index >= 15 is 0 Å². The van der Waals surface area contributed by atoms with Crippen molar-refractivity contribution in [3.05, 3.63) is 33.4 Å². The van der Waals surface area contributed by atoms with E-state index in [1.165, 1.54) is 4.90 Å². The number of benzene rings is 1. The summed E-state index contributed by atoms with van der Waals surface area (Å²) in [4.78, 5) is 26.9. The fourth-order valence-electron chi connectivity index (χ4n) is 3.25. The second-order valence-corrected chi connectivity index (χ2v) is 9.35. The first-order valence-electron chi connectivity index (χ1n) is 9.66. The summed E-state index contributed by atoms with van der Waals surface area (Å²) >= 11 is 2.22. The molecule has 0 bridgehead atoms. The Kier molecular flexibility index (Phi) is 8.10. The van der Waals surface area contributed by atoms with Gasteiger partial charge in [0.1, 0.15) is 11.6 Å². The number of urea groups is 1. The lowest BCUT2D eigenvalue weighted by Gasteiger charge is -2.34. The Morgan fingerprint density at radius 2 is 1.86 bits per heavy atom. The van der Waals surface area contributed by atoms with Crippen molar-refractivity contribution < 1.29 is 14.3 Å². The molecule has 0 radical (unpaired) electrons. The van der Waals surface area contributed by atoms with Crippen LogP contribution in [-0.2, 0) is 11.2 Å². The number of hydrogen-bond donors (Lipinski definition) is 1. The standard InChI is InChI=1S/C21H28IN3O3/c1-21(2,3)28-20(27)25(18-7-5-4-6-8-18)19(26)24-17(14-23)13-15-9-11-16(22)12-10-15/h9-12,17-18H,4-8,13H2,1-3H3,(H,24,26). The number of hydrogen-bond acceptors (Lipinski definition) is 4. The Morgan fingerprint density at radius 1 is 1.25 bits per heavy atom. The van der Waals surface area contributed by atoms with Gasteiger partial charge < -0.3 is 10.1 Å². The van der Waals surface area contributed by atoms with Gasteiger partial charge in [-0.3, -0.25) is 0 Å². The SMILES string of the molecule is CC(C)(C)OC(=O)N(C(=O)NC(C#N)Cc1ccc(I)cc1)C1CCCCC1. The Hall–Kier alpha value is -1.82. The summed E-state index contributed by atoms with van der Waals surface area (Å²) in [6, 6.07) is 8.45. The summed E-state index contributed by atoms with van der Waals surface area (Å²) in [5.41, 5.74) is 0.258. The number of carbonyl (C=O) groups is 2. The van der Waals surface area contributed by atoms with Crippen LogP contribution >= 0.6 is 22.6 Å². The first-order chi connectivity index (χ1) is 13.2. The van der Waals surface area contributed by atoms with Crippen LogP contribution in [0.4, 0.5) is 9.59 Å². The lowest BCUT2D eigenvalue weighted by molar-refractivity contribution is 0.0220. The van der Waals surface area contributed by atoms with Crippen LogP contribution in [0.3, 0.4) is 0 Å². The van der Waals surface area contributed by atoms with Crippen molar-refractivity contribution in [2.45, 2.75) is 77.0 Å². The number of amides is 3. The van der Waals surface area contributed by atoms with E-state index in [2.05, 4.69) is 34.0 Å². The molecule has 1 aliphatic rings. The first-order valence-corrected chi connectivity index (χ1v) is 10.7. The quantitative estimate of drug-likeness (QED) is 0.594. The maximum Gasteiger partial charge on any atom is 0.418 e. The minimum absolute atomic E-state index is 0.193. The molecule has 1 aliphatic carbocycles. The predicted molar refractivity (Wildman–Crippen MR) is 116 cm³/mol. The number of halogens is 1. The predicted octanol–water partition coefficient (Wildman–Crippen LogP) is 5.01. The van der Waals surface area contributed by atoms with Gasteiger partial charge in [0.25, 0.3) is 0 Å². The first kappa shape index (κ1) is 22.5. The van der Waals surface area contributed by atoms with Crippen molar-refractivity contribution in [2.24, 2.45) is 0 Å². The normalized spacial score (nSPS) is 16.0. The van der Waals surface area contributed by atoms with Gasteiger partial charge in [0, 0.05) is 16.0 Å². The molecule has 0 aliphatic heterocycles. The van der Waals surface area contributed by atoms with Crippen molar-refractivity contribution in [1.29, 1.82) is 5.26 Å². The van der Waals surface area contributed by atoms with Crippen molar-refractivity contribution in [1.82, 2.24) is 10.2 Å². The second kappa shape index (κ2) is 10.1. The van der Waals surface area contributed by atoms with Gasteiger partial charge in [-0.05, 0) is 73.9 Å². The lowest BCUT2D eigenvalue weighted by atomic mass is 9.94. The van der Waals surface area contributed by atoms with E-state index in [-0.39, 0.29) is 6.04 Å². The maximum absolute atomic E-state index is 12.9. The molecule has 7 heteroatoms. The molecule has 152 valence electrons. The number of carbonyl (C=O) groups excluding carboxylic acids is 2. The molecule has 0 aromatic heterocycles. The van der Waals surface area contributed by atoms with E-state index in [0.717, 1.165) is 41.2 Å². The third kappa shape index (κ3) is 6.97. The summed E-state index contributed by atoms with van der Waals surface area (Å²) in [6.45, 7) is 5.32. The largest absolute Gasteiger partial charge is 0.443 e. The molecular weight excluding hydrogens is 469 g/mol. The van der Waals surface area contributed by atoms with Crippen LogP contribution < -0.4 is 5.32 Å². The van der Waals surface area contributed by atoms with Crippen molar-refractivity contribution >= 4 is 34.7 Å². The van der Waals surface area contributed by atoms with Gasteiger partial charge in [-0.2, -0.15) is 5.26 Å². The highest BCUT2D eigenvalue weighted by molar-refractivity contribution is 14.1. The molecule has 1 aromatic carbocycles. The summed E-state index contributed by atoms with van der Waals surface area (Å²) in [7, 11) is 0. The number of nitrogens with one attached hydrogen (secondary N) is 1. The van der Waals surface area contributed by atoms with Crippen LogP contribution in [0.2, 0.25) is 0 Å². The number of nitrogens with zero attached hydrogens (tertiary/aromatic N) is 2. The molecule has 0 saturated heterocycles. The second-order valence-electron chi connectivity index (χ2n) is 8.10. The van der Waals surface area contributed by atoms with E-state index in [4.69, 9.17) is 4.74 Å². The third-order valence-corrected chi connectivity index (χ3v) is 5.27. The van der Waals surface area contributed by atoms with E-state index in [1.807, 2.05) is 24.3 Å². The highest BCUT2D eigenvalue weighted by atomic mass is 127. The van der Waals surface area contributed by atoms with Gasteiger partial charge in [-0.25, -0.2) is 14.5 Å². The van der Waals surface area contributed by atoms with Gasteiger partial charge in [0.15, 0.2) is 0 Å². The smallest absolute Gasteiger partial charge is 0.418 e.